The molecular weight excluding hydrogens is 428 g/mol. The fraction of sp³-hybridized carbons (Fsp3) is 0.174. The first-order chi connectivity index (χ1) is 15.4. The van der Waals surface area contributed by atoms with Gasteiger partial charge >= 0.3 is 0 Å². The van der Waals surface area contributed by atoms with Gasteiger partial charge in [0.05, 0.1) is 19.9 Å². The van der Waals surface area contributed by atoms with Crippen LogP contribution in [-0.2, 0) is 21.4 Å². The number of aromatic nitrogens is 1. The molecule has 1 heterocycles. The lowest BCUT2D eigenvalue weighted by molar-refractivity contribution is -0.121. The quantitative estimate of drug-likeness (QED) is 0.397. The zero-order chi connectivity index (χ0) is 23.0. The van der Waals surface area contributed by atoms with Crippen molar-refractivity contribution in [3.8, 4) is 5.75 Å². The van der Waals surface area contributed by atoms with Crippen LogP contribution >= 0.6 is 0 Å². The Kier molecular flexibility index (Phi) is 7.69. The average Bonchev–Trinajstić information content (AvgIpc) is 2.80. The topological polar surface area (TPSA) is 101 Å². The molecule has 0 fully saturated rings. The van der Waals surface area contributed by atoms with Gasteiger partial charge in [0.15, 0.2) is 0 Å². The smallest absolute Gasteiger partial charge is 0.255 e. The summed E-state index contributed by atoms with van der Waals surface area (Å²) in [4.78, 5) is 16.5. The minimum absolute atomic E-state index is 0.00240. The number of hydrogen-bond donors (Lipinski definition) is 1. The number of carbonyl (C=O) groups is 1. The van der Waals surface area contributed by atoms with Crippen molar-refractivity contribution in [1.29, 1.82) is 0 Å². The number of benzene rings is 2. The number of rotatable bonds is 9. The van der Waals surface area contributed by atoms with E-state index in [0.29, 0.717) is 5.56 Å². The summed E-state index contributed by atoms with van der Waals surface area (Å²) in [5.41, 5.74) is 4.58. The monoisotopic (exact) mass is 452 g/mol. The van der Waals surface area contributed by atoms with E-state index in [1.165, 1.54) is 19.4 Å². The number of methoxy groups -OCH3 is 1. The molecule has 0 saturated heterocycles. The van der Waals surface area contributed by atoms with Crippen molar-refractivity contribution in [3.63, 3.8) is 0 Å². The van der Waals surface area contributed by atoms with E-state index in [-0.39, 0.29) is 17.2 Å². The molecule has 0 unspecified atom stereocenters. The highest BCUT2D eigenvalue weighted by Crippen LogP contribution is 2.28. The molecule has 0 spiro atoms. The van der Waals surface area contributed by atoms with Crippen molar-refractivity contribution in [1.82, 2.24) is 14.7 Å². The molecule has 0 saturated carbocycles. The lowest BCUT2D eigenvalue weighted by Crippen LogP contribution is -2.39. The van der Waals surface area contributed by atoms with Gasteiger partial charge in [-0.05, 0) is 36.2 Å². The lowest BCUT2D eigenvalue weighted by Gasteiger charge is -2.23. The Morgan fingerprint density at radius 3 is 2.62 bits per heavy atom. The molecule has 166 valence electrons. The number of carbonyl (C=O) groups excluding carboxylic acids is 1. The van der Waals surface area contributed by atoms with Crippen LogP contribution < -0.4 is 10.2 Å². The molecule has 1 amide bonds. The van der Waals surface area contributed by atoms with Gasteiger partial charge in [-0.15, -0.1) is 0 Å². The Morgan fingerprint density at radius 1 is 1.16 bits per heavy atom. The maximum absolute atomic E-state index is 13.5. The predicted molar refractivity (Wildman–Crippen MR) is 122 cm³/mol. The van der Waals surface area contributed by atoms with E-state index in [9.17, 15) is 13.2 Å². The highest BCUT2D eigenvalue weighted by atomic mass is 32.2. The first-order valence-corrected chi connectivity index (χ1v) is 11.2. The molecule has 9 heteroatoms. The second-order valence-corrected chi connectivity index (χ2v) is 8.90. The number of hydrogen-bond acceptors (Lipinski definition) is 6. The van der Waals surface area contributed by atoms with Gasteiger partial charge in [-0.1, -0.05) is 42.5 Å². The summed E-state index contributed by atoms with van der Waals surface area (Å²) < 4.78 is 33.4. The van der Waals surface area contributed by atoms with Crippen LogP contribution in [0.3, 0.4) is 0 Å². The number of sulfonamides is 1. The van der Waals surface area contributed by atoms with E-state index in [4.69, 9.17) is 4.74 Å². The van der Waals surface area contributed by atoms with Crippen molar-refractivity contribution in [2.75, 3.05) is 13.7 Å². The SMILES string of the molecule is COc1ccc(C)cc1S(=O)(=O)N(CC(=O)N/N=C/c1cccnc1)Cc1ccccc1. The summed E-state index contributed by atoms with van der Waals surface area (Å²) in [6, 6.07) is 17.5. The summed E-state index contributed by atoms with van der Waals surface area (Å²) >= 11 is 0. The first-order valence-electron chi connectivity index (χ1n) is 9.81. The maximum Gasteiger partial charge on any atom is 0.255 e. The molecule has 0 radical (unpaired) electrons. The van der Waals surface area contributed by atoms with E-state index < -0.39 is 22.5 Å². The summed E-state index contributed by atoms with van der Waals surface area (Å²) in [7, 11) is -2.64. The standard InChI is InChI=1S/C23H24N4O4S/c1-18-10-11-21(31-2)22(13-18)32(29,30)27(16-19-7-4-3-5-8-19)17-23(28)26-25-15-20-9-6-12-24-14-20/h3-15H,16-17H2,1-2H3,(H,26,28)/b25-15+. The highest BCUT2D eigenvalue weighted by molar-refractivity contribution is 7.89. The Morgan fingerprint density at radius 2 is 1.94 bits per heavy atom. The van der Waals surface area contributed by atoms with Gasteiger partial charge in [0.25, 0.3) is 5.91 Å². The van der Waals surface area contributed by atoms with E-state index in [2.05, 4.69) is 15.5 Å². The minimum Gasteiger partial charge on any atom is -0.495 e. The summed E-state index contributed by atoms with van der Waals surface area (Å²) in [6.45, 7) is 1.39. The van der Waals surface area contributed by atoms with Crippen LogP contribution in [0.15, 0.2) is 83.1 Å². The molecule has 32 heavy (non-hydrogen) atoms. The zero-order valence-electron chi connectivity index (χ0n) is 17.8. The molecule has 0 aliphatic carbocycles. The Labute approximate surface area is 187 Å². The molecule has 0 aliphatic rings. The number of amides is 1. The predicted octanol–water partition coefficient (Wildman–Crippen LogP) is 2.74. The molecule has 1 aromatic heterocycles. The summed E-state index contributed by atoms with van der Waals surface area (Å²) in [5, 5.41) is 3.89. The third-order valence-corrected chi connectivity index (χ3v) is 6.36. The average molecular weight is 453 g/mol. The largest absolute Gasteiger partial charge is 0.495 e. The second kappa shape index (κ2) is 10.7. The number of ether oxygens (including phenoxy) is 1. The van der Waals surface area contributed by atoms with Gasteiger partial charge < -0.3 is 4.74 Å². The van der Waals surface area contributed by atoms with E-state index in [1.54, 1.807) is 55.7 Å². The number of nitrogens with zero attached hydrogens (tertiary/aromatic N) is 3. The molecule has 3 aromatic rings. The van der Waals surface area contributed by atoms with Crippen LogP contribution in [0.5, 0.6) is 5.75 Å². The first kappa shape index (κ1) is 23.1. The maximum atomic E-state index is 13.5. The van der Waals surface area contributed by atoms with Crippen LogP contribution in [0.1, 0.15) is 16.7 Å². The number of pyridine rings is 1. The Balaban J connectivity index is 1.86. The van der Waals surface area contributed by atoms with Gasteiger partial charge in [0.2, 0.25) is 10.0 Å². The molecule has 0 aliphatic heterocycles. The van der Waals surface area contributed by atoms with Gasteiger partial charge in [0, 0.05) is 24.5 Å². The van der Waals surface area contributed by atoms with Crippen LogP contribution in [-0.4, -0.2) is 43.5 Å². The van der Waals surface area contributed by atoms with Gasteiger partial charge in [0.1, 0.15) is 10.6 Å². The number of aryl methyl sites for hydroxylation is 1. The van der Waals surface area contributed by atoms with Crippen LogP contribution in [0.25, 0.3) is 0 Å². The molecule has 2 aromatic carbocycles. The number of nitrogens with one attached hydrogen (secondary N) is 1. The fourth-order valence-corrected chi connectivity index (χ4v) is 4.59. The van der Waals surface area contributed by atoms with Crippen molar-refractivity contribution >= 4 is 22.1 Å². The van der Waals surface area contributed by atoms with E-state index in [0.717, 1.165) is 15.4 Å². The molecule has 0 bridgehead atoms. The van der Waals surface area contributed by atoms with Crippen molar-refractivity contribution in [3.05, 3.63) is 89.7 Å². The van der Waals surface area contributed by atoms with Gasteiger partial charge in [-0.25, -0.2) is 13.8 Å². The normalized spacial score (nSPS) is 11.6. The molecular formula is C23H24N4O4S. The zero-order valence-corrected chi connectivity index (χ0v) is 18.6. The molecule has 1 N–H and O–H groups in total. The molecule has 3 rings (SSSR count). The fourth-order valence-electron chi connectivity index (χ4n) is 2.96. The Bertz CT molecular complexity index is 1180. The summed E-state index contributed by atoms with van der Waals surface area (Å²) in [6.07, 6.45) is 4.65. The highest BCUT2D eigenvalue weighted by Gasteiger charge is 2.30. The minimum atomic E-state index is -4.05. The van der Waals surface area contributed by atoms with Crippen LogP contribution in [0.4, 0.5) is 0 Å². The van der Waals surface area contributed by atoms with Crippen LogP contribution in [0, 0.1) is 6.92 Å². The third-order valence-electron chi connectivity index (χ3n) is 4.55. The van der Waals surface area contributed by atoms with Gasteiger partial charge in [-0.3, -0.25) is 9.78 Å². The Hall–Kier alpha value is -3.56. The van der Waals surface area contributed by atoms with Crippen molar-refractivity contribution < 1.29 is 17.9 Å². The van der Waals surface area contributed by atoms with E-state index in [1.807, 2.05) is 18.2 Å². The molecule has 8 nitrogen and oxygen atoms in total. The van der Waals surface area contributed by atoms with Crippen molar-refractivity contribution in [2.45, 2.75) is 18.4 Å². The van der Waals surface area contributed by atoms with Crippen molar-refractivity contribution in [2.24, 2.45) is 5.10 Å². The van der Waals surface area contributed by atoms with Crippen LogP contribution in [0.2, 0.25) is 0 Å². The molecule has 0 atom stereocenters. The third kappa shape index (κ3) is 5.99. The number of hydrazone groups is 1. The second-order valence-electron chi connectivity index (χ2n) is 6.99. The van der Waals surface area contributed by atoms with Gasteiger partial charge in [-0.2, -0.15) is 9.41 Å². The van der Waals surface area contributed by atoms with E-state index >= 15 is 0 Å². The lowest BCUT2D eigenvalue weighted by atomic mass is 10.2. The summed E-state index contributed by atoms with van der Waals surface area (Å²) in [5.74, 6) is -0.361.